The topological polar surface area (TPSA) is 125 Å². The van der Waals surface area contributed by atoms with Crippen molar-refractivity contribution in [1.82, 2.24) is 10.2 Å². The number of carbonyl (C=O) groups is 4. The highest BCUT2D eigenvalue weighted by Gasteiger charge is 2.74. The van der Waals surface area contributed by atoms with Crippen LogP contribution in [0.25, 0.3) is 0 Å². The first-order chi connectivity index (χ1) is 22.7. The number of fused-ring (bicyclic) bond motifs is 1. The summed E-state index contributed by atoms with van der Waals surface area (Å²) in [6.07, 6.45) is 4.63. The van der Waals surface area contributed by atoms with Crippen LogP contribution >= 0.6 is 0 Å². The Kier molecular flexibility index (Phi) is 10.6. The number of aliphatic hydroxyl groups is 1. The third-order valence-electron chi connectivity index (χ3n) is 9.61. The minimum absolute atomic E-state index is 0.0795. The molecule has 2 aromatic carbocycles. The normalized spacial score (nSPS) is 24.8. The molecule has 3 aliphatic heterocycles. The van der Waals surface area contributed by atoms with E-state index in [1.165, 1.54) is 4.90 Å². The molecule has 47 heavy (non-hydrogen) atoms. The van der Waals surface area contributed by atoms with Gasteiger partial charge >= 0.3 is 5.97 Å². The van der Waals surface area contributed by atoms with Crippen molar-refractivity contribution in [2.24, 2.45) is 11.8 Å². The van der Waals surface area contributed by atoms with Gasteiger partial charge in [-0.05, 0) is 62.3 Å². The van der Waals surface area contributed by atoms with Crippen molar-refractivity contribution in [3.05, 3.63) is 90.5 Å². The summed E-state index contributed by atoms with van der Waals surface area (Å²) in [5, 5.41) is 12.8. The number of esters is 1. The second-order valence-electron chi connectivity index (χ2n) is 12.7. The Morgan fingerprint density at radius 1 is 1.17 bits per heavy atom. The molecule has 3 aliphatic rings. The fourth-order valence-electron chi connectivity index (χ4n) is 7.45. The number of ether oxygens (including phenoxy) is 2. The van der Waals surface area contributed by atoms with Gasteiger partial charge in [-0.1, -0.05) is 54.6 Å². The lowest BCUT2D eigenvalue weighted by atomic mass is 9.70. The van der Waals surface area contributed by atoms with Crippen molar-refractivity contribution in [2.45, 2.75) is 69.7 Å². The van der Waals surface area contributed by atoms with E-state index in [1.807, 2.05) is 62.4 Å². The van der Waals surface area contributed by atoms with Gasteiger partial charge in [-0.15, -0.1) is 13.2 Å². The number of anilines is 1. The zero-order chi connectivity index (χ0) is 33.7. The van der Waals surface area contributed by atoms with Crippen LogP contribution in [0.4, 0.5) is 5.69 Å². The van der Waals surface area contributed by atoms with Gasteiger partial charge in [0.25, 0.3) is 5.91 Å². The van der Waals surface area contributed by atoms with E-state index in [0.29, 0.717) is 19.3 Å². The van der Waals surface area contributed by atoms with Gasteiger partial charge in [0.2, 0.25) is 11.8 Å². The van der Waals surface area contributed by atoms with Crippen LogP contribution in [0.3, 0.4) is 0 Å². The SMILES string of the molecule is C=CCCC(=O)OC[C@@H](NC(=O)[C@@H]1[C@H]2C(=O)N(CCCO)[C@H](C(=O)N(CC=C)c3cc(C)ccc3C)[C@]23CC[C@H]1O3)c1ccccc1. The summed E-state index contributed by atoms with van der Waals surface area (Å²) in [4.78, 5) is 58.7. The fourth-order valence-corrected chi connectivity index (χ4v) is 7.45. The molecule has 3 heterocycles. The molecule has 2 bridgehead atoms. The average molecular weight is 644 g/mol. The lowest BCUT2D eigenvalue weighted by molar-refractivity contribution is -0.146. The molecule has 0 unspecified atom stereocenters. The van der Waals surface area contributed by atoms with Crippen LogP contribution < -0.4 is 10.2 Å². The van der Waals surface area contributed by atoms with E-state index in [1.54, 1.807) is 17.1 Å². The van der Waals surface area contributed by atoms with Gasteiger partial charge in [0.15, 0.2) is 0 Å². The molecular formula is C37H45N3O7. The Labute approximate surface area is 276 Å². The third kappa shape index (κ3) is 6.62. The maximum Gasteiger partial charge on any atom is 0.306 e. The molecular weight excluding hydrogens is 598 g/mol. The van der Waals surface area contributed by atoms with Crippen LogP contribution in [0.2, 0.25) is 0 Å². The molecule has 2 N–H and O–H groups in total. The van der Waals surface area contributed by atoms with Crippen LogP contribution in [0, 0.1) is 25.7 Å². The third-order valence-corrected chi connectivity index (χ3v) is 9.61. The van der Waals surface area contributed by atoms with Crippen LogP contribution in [-0.2, 0) is 28.7 Å². The highest BCUT2D eigenvalue weighted by atomic mass is 16.5. The largest absolute Gasteiger partial charge is 0.463 e. The Morgan fingerprint density at radius 2 is 1.94 bits per heavy atom. The number of rotatable bonds is 15. The number of nitrogens with one attached hydrogen (secondary N) is 1. The van der Waals surface area contributed by atoms with E-state index in [4.69, 9.17) is 9.47 Å². The van der Waals surface area contributed by atoms with Crippen LogP contribution in [-0.4, -0.2) is 77.7 Å². The van der Waals surface area contributed by atoms with E-state index < -0.39 is 47.5 Å². The number of likely N-dealkylation sites (tertiary alicyclic amines) is 1. The van der Waals surface area contributed by atoms with Crippen molar-refractivity contribution in [3.63, 3.8) is 0 Å². The predicted molar refractivity (Wildman–Crippen MR) is 177 cm³/mol. The first-order valence-electron chi connectivity index (χ1n) is 16.4. The van der Waals surface area contributed by atoms with Gasteiger partial charge in [-0.2, -0.15) is 0 Å². The van der Waals surface area contributed by atoms with Crippen molar-refractivity contribution in [3.8, 4) is 0 Å². The van der Waals surface area contributed by atoms with E-state index in [9.17, 15) is 24.3 Å². The molecule has 10 nitrogen and oxygen atoms in total. The molecule has 0 aliphatic carbocycles. The number of hydrogen-bond donors (Lipinski definition) is 2. The molecule has 0 saturated carbocycles. The van der Waals surface area contributed by atoms with Gasteiger partial charge in [-0.25, -0.2) is 0 Å². The molecule has 5 rings (SSSR count). The maximum absolute atomic E-state index is 14.7. The van der Waals surface area contributed by atoms with E-state index in [0.717, 1.165) is 22.4 Å². The van der Waals surface area contributed by atoms with Gasteiger partial charge in [0, 0.05) is 31.8 Å². The number of hydrogen-bond acceptors (Lipinski definition) is 7. The fraction of sp³-hybridized carbons (Fsp3) is 0.459. The van der Waals surface area contributed by atoms with Gasteiger partial charge in [0.1, 0.15) is 18.2 Å². The Morgan fingerprint density at radius 3 is 2.64 bits per heavy atom. The summed E-state index contributed by atoms with van der Waals surface area (Å²) in [6.45, 7) is 11.5. The van der Waals surface area contributed by atoms with Crippen molar-refractivity contribution in [2.75, 3.05) is 31.2 Å². The van der Waals surface area contributed by atoms with Crippen molar-refractivity contribution in [1.29, 1.82) is 0 Å². The first kappa shape index (κ1) is 34.1. The Hall–Kier alpha value is -4.28. The molecule has 10 heteroatoms. The Balaban J connectivity index is 1.46. The second kappa shape index (κ2) is 14.6. The van der Waals surface area contributed by atoms with Crippen LogP contribution in [0.1, 0.15) is 54.8 Å². The van der Waals surface area contributed by atoms with E-state index in [-0.39, 0.29) is 51.0 Å². The molecule has 3 amide bonds. The summed E-state index contributed by atoms with van der Waals surface area (Å²) in [6, 6.07) is 13.5. The summed E-state index contributed by atoms with van der Waals surface area (Å²) in [5.41, 5.74) is 2.15. The monoisotopic (exact) mass is 643 g/mol. The van der Waals surface area contributed by atoms with Crippen LogP contribution in [0.15, 0.2) is 73.8 Å². The minimum Gasteiger partial charge on any atom is -0.463 e. The zero-order valence-corrected chi connectivity index (χ0v) is 27.2. The predicted octanol–water partition coefficient (Wildman–Crippen LogP) is 3.95. The summed E-state index contributed by atoms with van der Waals surface area (Å²) >= 11 is 0. The molecule has 3 saturated heterocycles. The zero-order valence-electron chi connectivity index (χ0n) is 27.2. The van der Waals surface area contributed by atoms with E-state index >= 15 is 0 Å². The van der Waals surface area contributed by atoms with Gasteiger partial charge < -0.3 is 29.7 Å². The minimum atomic E-state index is -1.20. The molecule has 0 aromatic heterocycles. The van der Waals surface area contributed by atoms with Gasteiger partial charge in [0.05, 0.1) is 24.0 Å². The number of nitrogens with zero attached hydrogens (tertiary/aromatic N) is 2. The van der Waals surface area contributed by atoms with Gasteiger partial charge in [-0.3, -0.25) is 19.2 Å². The highest BCUT2D eigenvalue weighted by Crippen LogP contribution is 2.58. The molecule has 2 aromatic rings. The first-order valence-corrected chi connectivity index (χ1v) is 16.4. The molecule has 1 spiro atoms. The maximum atomic E-state index is 14.7. The Bertz CT molecular complexity index is 1510. The van der Waals surface area contributed by atoms with E-state index in [2.05, 4.69) is 18.5 Å². The number of amides is 3. The lowest BCUT2D eigenvalue weighted by Crippen LogP contribution is -2.56. The molecule has 3 fully saturated rings. The van der Waals surface area contributed by atoms with Crippen molar-refractivity contribution >= 4 is 29.4 Å². The summed E-state index contributed by atoms with van der Waals surface area (Å²) in [5.74, 6) is -3.15. The summed E-state index contributed by atoms with van der Waals surface area (Å²) < 4.78 is 12.1. The lowest BCUT2D eigenvalue weighted by Gasteiger charge is -2.37. The standard InChI is InChI=1S/C37H45N3O7/c1-5-7-14-30(42)46-23-27(26-12-9-8-10-13-26)38-34(43)31-29-17-18-37(47-29)32(31)35(44)40(20-11-21-41)33(37)36(45)39(19-6-2)28-22-24(3)15-16-25(28)4/h5-6,8-10,12-13,15-16,22,27,29,31-33,41H,1-2,7,11,14,17-21,23H2,3-4H3,(H,38,43)/t27-,29-,31+,32+,33-,37+/m1/s1. The number of aliphatic hydroxyl groups excluding tert-OH is 1. The van der Waals surface area contributed by atoms with Crippen LogP contribution in [0.5, 0.6) is 0 Å². The van der Waals surface area contributed by atoms with Crippen molar-refractivity contribution < 1.29 is 33.8 Å². The number of benzene rings is 2. The number of aryl methyl sites for hydroxylation is 2. The quantitative estimate of drug-likeness (QED) is 0.223. The number of carbonyl (C=O) groups excluding carboxylic acids is 4. The second-order valence-corrected chi connectivity index (χ2v) is 12.7. The molecule has 250 valence electrons. The molecule has 0 radical (unpaired) electrons. The summed E-state index contributed by atoms with van der Waals surface area (Å²) in [7, 11) is 0. The molecule has 6 atom stereocenters. The number of allylic oxidation sites excluding steroid dienone is 1. The smallest absolute Gasteiger partial charge is 0.306 e. The highest BCUT2D eigenvalue weighted by molar-refractivity contribution is 6.05. The average Bonchev–Trinajstić information content (AvgIpc) is 3.72.